The number of methoxy groups -OCH3 is 1. The number of fused-ring (bicyclic) bond motifs is 1. The number of anilines is 2. The van der Waals surface area contributed by atoms with E-state index in [0.717, 1.165) is 22.7 Å². The first-order chi connectivity index (χ1) is 12.6. The number of aliphatic hydroxyl groups excluding tert-OH is 1. The van der Waals surface area contributed by atoms with Gasteiger partial charge >= 0.3 is 0 Å². The summed E-state index contributed by atoms with van der Waals surface area (Å²) in [6.07, 6.45) is 1.33. The highest BCUT2D eigenvalue weighted by atomic mass is 16.5. The van der Waals surface area contributed by atoms with E-state index in [2.05, 4.69) is 4.90 Å². The van der Waals surface area contributed by atoms with Crippen molar-refractivity contribution in [2.45, 2.75) is 33.4 Å². The lowest BCUT2D eigenvalue weighted by molar-refractivity contribution is 0.175. The van der Waals surface area contributed by atoms with Crippen LogP contribution in [0, 0.1) is 6.92 Å². The summed E-state index contributed by atoms with van der Waals surface area (Å²) in [6.45, 7) is 5.82. The lowest BCUT2D eigenvalue weighted by Crippen LogP contribution is -2.48. The second-order valence-electron chi connectivity index (χ2n) is 6.44. The lowest BCUT2D eigenvalue weighted by atomic mass is 10.2. The molecule has 0 amide bonds. The number of aromatic nitrogens is 2. The quantitative estimate of drug-likeness (QED) is 0.850. The molecule has 2 aromatic rings. The van der Waals surface area contributed by atoms with Crippen LogP contribution in [-0.4, -0.2) is 46.5 Å². The molecule has 0 spiro atoms. The maximum atomic E-state index is 13.0. The van der Waals surface area contributed by atoms with Gasteiger partial charge in [0.2, 0.25) is 5.95 Å². The summed E-state index contributed by atoms with van der Waals surface area (Å²) in [5.41, 5.74) is 2.50. The Balaban J connectivity index is 2.07. The zero-order valence-corrected chi connectivity index (χ0v) is 15.6. The van der Waals surface area contributed by atoms with Crippen LogP contribution in [0.3, 0.4) is 0 Å². The Kier molecular flexibility index (Phi) is 5.58. The normalized spacial score (nSPS) is 14.4. The Morgan fingerprint density at radius 3 is 2.58 bits per heavy atom. The molecule has 7 heteroatoms. The Hall–Kier alpha value is -2.38. The highest BCUT2D eigenvalue weighted by Gasteiger charge is 2.27. The molecule has 0 atom stereocenters. The molecule has 3 rings (SSSR count). The number of ether oxygens (including phenoxy) is 1. The van der Waals surface area contributed by atoms with Crippen LogP contribution in [0.4, 0.5) is 11.6 Å². The van der Waals surface area contributed by atoms with Crippen LogP contribution in [0.5, 0.6) is 5.75 Å². The molecule has 26 heavy (non-hydrogen) atoms. The first kappa shape index (κ1) is 18.4. The Bertz CT molecular complexity index is 817. The molecule has 1 aliphatic rings. The summed E-state index contributed by atoms with van der Waals surface area (Å²) in [5.74, 6) is 1.45. The van der Waals surface area contributed by atoms with Crippen molar-refractivity contribution in [3.63, 3.8) is 0 Å². The standard InChI is InChI=1S/C19H26N4O3/c1-4-17-14(2)20-19-22(15-6-8-16(26-3)9-7-15)12-21(10-5-11-24)13-23(19)18(17)25/h6-9,24H,4-5,10-13H2,1-3H3. The fourth-order valence-corrected chi connectivity index (χ4v) is 3.33. The number of hydrogen-bond donors (Lipinski definition) is 1. The first-order valence-corrected chi connectivity index (χ1v) is 8.94. The summed E-state index contributed by atoms with van der Waals surface area (Å²) < 4.78 is 6.97. The van der Waals surface area contributed by atoms with E-state index in [1.807, 2.05) is 43.0 Å². The molecular weight excluding hydrogens is 332 g/mol. The summed E-state index contributed by atoms with van der Waals surface area (Å²) in [6, 6.07) is 7.73. The van der Waals surface area contributed by atoms with Gasteiger partial charge in [0, 0.05) is 30.1 Å². The maximum absolute atomic E-state index is 13.0. The van der Waals surface area contributed by atoms with Crippen molar-refractivity contribution in [3.8, 4) is 5.75 Å². The van der Waals surface area contributed by atoms with Crippen molar-refractivity contribution in [1.29, 1.82) is 0 Å². The largest absolute Gasteiger partial charge is 0.497 e. The van der Waals surface area contributed by atoms with E-state index in [0.29, 0.717) is 38.7 Å². The number of aryl methyl sites for hydroxylation is 1. The van der Waals surface area contributed by atoms with Gasteiger partial charge in [0.05, 0.1) is 20.4 Å². The number of aliphatic hydroxyl groups is 1. The molecule has 1 aliphatic heterocycles. The van der Waals surface area contributed by atoms with E-state index in [9.17, 15) is 9.90 Å². The van der Waals surface area contributed by atoms with Gasteiger partial charge in [-0.05, 0) is 44.0 Å². The van der Waals surface area contributed by atoms with Gasteiger partial charge in [-0.1, -0.05) is 6.92 Å². The number of hydrogen-bond acceptors (Lipinski definition) is 6. The molecule has 0 aliphatic carbocycles. The van der Waals surface area contributed by atoms with Gasteiger partial charge in [0.15, 0.2) is 0 Å². The molecule has 0 saturated heterocycles. The average molecular weight is 358 g/mol. The number of benzene rings is 1. The van der Waals surface area contributed by atoms with Crippen molar-refractivity contribution >= 4 is 11.6 Å². The van der Waals surface area contributed by atoms with Gasteiger partial charge in [-0.15, -0.1) is 0 Å². The topological polar surface area (TPSA) is 70.8 Å². The summed E-state index contributed by atoms with van der Waals surface area (Å²) in [4.78, 5) is 21.9. The third-order valence-corrected chi connectivity index (χ3v) is 4.74. The van der Waals surface area contributed by atoms with Gasteiger partial charge in [-0.3, -0.25) is 19.2 Å². The maximum Gasteiger partial charge on any atom is 0.259 e. The van der Waals surface area contributed by atoms with E-state index in [4.69, 9.17) is 9.72 Å². The van der Waals surface area contributed by atoms with Crippen LogP contribution in [0.1, 0.15) is 24.6 Å². The summed E-state index contributed by atoms with van der Waals surface area (Å²) >= 11 is 0. The molecule has 2 heterocycles. The van der Waals surface area contributed by atoms with Gasteiger partial charge in [-0.2, -0.15) is 0 Å². The van der Waals surface area contributed by atoms with Gasteiger partial charge in [0.25, 0.3) is 5.56 Å². The molecule has 7 nitrogen and oxygen atoms in total. The van der Waals surface area contributed by atoms with Crippen molar-refractivity contribution < 1.29 is 9.84 Å². The molecule has 0 bridgehead atoms. The molecule has 0 unspecified atom stereocenters. The van der Waals surface area contributed by atoms with E-state index in [1.165, 1.54) is 0 Å². The molecule has 0 radical (unpaired) electrons. The molecule has 1 aromatic carbocycles. The monoisotopic (exact) mass is 358 g/mol. The van der Waals surface area contributed by atoms with Crippen molar-refractivity contribution in [3.05, 3.63) is 45.9 Å². The van der Waals surface area contributed by atoms with Crippen LogP contribution < -0.4 is 15.2 Å². The fraction of sp³-hybridized carbons (Fsp3) is 0.474. The Morgan fingerprint density at radius 1 is 1.23 bits per heavy atom. The van der Waals surface area contributed by atoms with Crippen LogP contribution >= 0.6 is 0 Å². The summed E-state index contributed by atoms with van der Waals surface area (Å²) in [7, 11) is 1.64. The van der Waals surface area contributed by atoms with Crippen molar-refractivity contribution in [1.82, 2.24) is 14.5 Å². The highest BCUT2D eigenvalue weighted by Crippen LogP contribution is 2.29. The third kappa shape index (κ3) is 3.45. The van der Waals surface area contributed by atoms with Crippen molar-refractivity contribution in [2.75, 3.05) is 31.8 Å². The van der Waals surface area contributed by atoms with Crippen LogP contribution in [-0.2, 0) is 13.1 Å². The third-order valence-electron chi connectivity index (χ3n) is 4.74. The van der Waals surface area contributed by atoms with Crippen LogP contribution in [0.2, 0.25) is 0 Å². The van der Waals surface area contributed by atoms with Crippen LogP contribution in [0.15, 0.2) is 29.1 Å². The lowest BCUT2D eigenvalue weighted by Gasteiger charge is -2.38. The SMILES string of the molecule is CCc1c(C)nc2n(c1=O)CN(CCCO)CN2c1ccc(OC)cc1. The minimum absolute atomic E-state index is 0.0159. The molecule has 0 saturated carbocycles. The number of rotatable bonds is 6. The van der Waals surface area contributed by atoms with E-state index < -0.39 is 0 Å². The predicted octanol–water partition coefficient (Wildman–Crippen LogP) is 1.87. The smallest absolute Gasteiger partial charge is 0.259 e. The van der Waals surface area contributed by atoms with Gasteiger partial charge < -0.3 is 9.84 Å². The second-order valence-corrected chi connectivity index (χ2v) is 6.44. The average Bonchev–Trinajstić information content (AvgIpc) is 2.66. The fourth-order valence-electron chi connectivity index (χ4n) is 3.33. The van der Waals surface area contributed by atoms with Crippen LogP contribution in [0.25, 0.3) is 0 Å². The Morgan fingerprint density at radius 2 is 1.96 bits per heavy atom. The van der Waals surface area contributed by atoms with E-state index in [-0.39, 0.29) is 12.2 Å². The Labute approximate surface area is 153 Å². The second kappa shape index (κ2) is 7.88. The predicted molar refractivity (Wildman–Crippen MR) is 101 cm³/mol. The molecule has 140 valence electrons. The summed E-state index contributed by atoms with van der Waals surface area (Å²) in [5, 5.41) is 9.17. The molecule has 0 fully saturated rings. The first-order valence-electron chi connectivity index (χ1n) is 8.94. The zero-order chi connectivity index (χ0) is 18.7. The molecule has 1 N–H and O–H groups in total. The molecule has 1 aromatic heterocycles. The van der Waals surface area contributed by atoms with Gasteiger partial charge in [-0.25, -0.2) is 4.98 Å². The minimum Gasteiger partial charge on any atom is -0.497 e. The molecular formula is C19H26N4O3. The van der Waals surface area contributed by atoms with E-state index in [1.54, 1.807) is 11.7 Å². The highest BCUT2D eigenvalue weighted by molar-refractivity contribution is 5.59. The number of nitrogens with zero attached hydrogens (tertiary/aromatic N) is 4. The zero-order valence-electron chi connectivity index (χ0n) is 15.6. The van der Waals surface area contributed by atoms with E-state index >= 15 is 0 Å². The minimum atomic E-state index is 0.0159. The van der Waals surface area contributed by atoms with Crippen molar-refractivity contribution in [2.24, 2.45) is 0 Å². The van der Waals surface area contributed by atoms with Gasteiger partial charge in [0.1, 0.15) is 5.75 Å².